The number of esters is 3. The largest absolute Gasteiger partial charge is 0.479 e. The summed E-state index contributed by atoms with van der Waals surface area (Å²) < 4.78 is 113. The third kappa shape index (κ3) is 22.3. The highest BCUT2D eigenvalue weighted by Crippen LogP contribution is 2.61. The number of nitrogens with one attached hydrogen (secondary N) is 3. The van der Waals surface area contributed by atoms with Crippen molar-refractivity contribution < 1.29 is 144 Å². The number of methoxy groups -OCH3 is 3. The summed E-state index contributed by atoms with van der Waals surface area (Å²) in [7, 11) is 12.5. The van der Waals surface area contributed by atoms with Crippen molar-refractivity contribution in [2.75, 3.05) is 118 Å². The van der Waals surface area contributed by atoms with E-state index in [1.165, 1.54) is 153 Å². The lowest BCUT2D eigenvalue weighted by molar-refractivity contribution is -0.149. The van der Waals surface area contributed by atoms with E-state index in [1.54, 1.807) is 41.5 Å². The van der Waals surface area contributed by atoms with Crippen molar-refractivity contribution in [3.63, 3.8) is 0 Å². The number of fused-ring (bicyclic) bond motifs is 3. The molecule has 12 heterocycles. The Kier molecular flexibility index (Phi) is 33.0. The van der Waals surface area contributed by atoms with Crippen LogP contribution >= 0.6 is 54.3 Å². The summed E-state index contributed by atoms with van der Waals surface area (Å²) in [5, 5.41) is 75.0. The first-order valence-electron chi connectivity index (χ1n) is 40.6. The second-order valence-electron chi connectivity index (χ2n) is 32.5. The molecule has 6 aromatic rings. The molecule has 60 heteroatoms. The fourth-order valence-electron chi connectivity index (χ4n) is 14.1. The van der Waals surface area contributed by atoms with Crippen LogP contribution in [0.4, 0.5) is 32.2 Å². The summed E-state index contributed by atoms with van der Waals surface area (Å²) in [6.07, 6.45) is -9.47. The highest BCUT2D eigenvalue weighted by atomic mass is 32.7. The number of nitrogen functional groups attached to an aromatic ring is 3. The van der Waals surface area contributed by atoms with Gasteiger partial charge >= 0.3 is 56.2 Å². The van der Waals surface area contributed by atoms with E-state index in [2.05, 4.69) is 60.1 Å². The number of likely N-dealkylation sites (N-methyl/N-ethyl adjacent to an activating group) is 6. The number of aliphatic hydroxyl groups excluding tert-OH is 3. The number of carbonyl (C=O) groups is 9. The molecule has 6 saturated heterocycles. The molecule has 6 unspecified atom stereocenters. The highest BCUT2D eigenvalue weighted by molar-refractivity contribution is 8.56. The minimum absolute atomic E-state index is 0.0951. The molecule has 6 aliphatic rings. The molecular weight excluding hydrogens is 1870 g/mol. The van der Waals surface area contributed by atoms with E-state index in [0.717, 1.165) is 14.7 Å². The van der Waals surface area contributed by atoms with Gasteiger partial charge in [0.15, 0.2) is 52.2 Å². The average Bonchev–Trinajstić information content (AvgIpc) is 1.60. The molecule has 0 aliphatic carbocycles. The molecule has 6 aliphatic heterocycles. The van der Waals surface area contributed by atoms with E-state index in [9.17, 15) is 87.5 Å². The van der Waals surface area contributed by atoms with Gasteiger partial charge in [-0.05, 0) is 83.1 Å². The molecule has 6 aromatic heterocycles. The summed E-state index contributed by atoms with van der Waals surface area (Å²) in [4.78, 5) is 156. The average molecular weight is 1980 g/mol. The lowest BCUT2D eigenvalue weighted by Crippen LogP contribution is -2.44. The molecule has 9 amide bonds. The van der Waals surface area contributed by atoms with E-state index in [-0.39, 0.29) is 86.2 Å². The van der Waals surface area contributed by atoms with Crippen molar-refractivity contribution in [3.05, 3.63) is 19.0 Å². The number of urea groups is 3. The molecule has 0 saturated carbocycles. The van der Waals surface area contributed by atoms with Crippen LogP contribution in [0.1, 0.15) is 102 Å². The van der Waals surface area contributed by atoms with Crippen LogP contribution in [0.2, 0.25) is 0 Å². The van der Waals surface area contributed by atoms with Crippen molar-refractivity contribution in [1.82, 2.24) is 103 Å². The van der Waals surface area contributed by atoms with Crippen LogP contribution in [0.5, 0.6) is 17.6 Å². The number of nitrogens with two attached hydrogens (primary N) is 3. The van der Waals surface area contributed by atoms with Crippen LogP contribution in [0.15, 0.2) is 19.0 Å². The number of imide groups is 3. The van der Waals surface area contributed by atoms with Gasteiger partial charge in [0.25, 0.3) is 17.7 Å². The SMILES string of the molecule is COc1nc(N)nc2c1ncn2[C@@H]1OC(CO[P@@](=O)(N[C@@H](C)C(=O)OC(C)C)SCC2C(=O)N(C)C(=O)N2C)[C@@H](O)[C@@]1(C)O.COc1nc(N)nc2c1ncn2[C@@H]1OC(CO[P@](=O)(N[C@@H](C)C(=O)OC(C)C)SCC2C(=O)N(C)C(=O)N2C)[C@@H](O)[C@@]1(C)O.COc1nc(N)nc2c1ncn2[C@@H]1OC(CO[P@](=O)(N[C@H](C)C(=O)OC(C)C)SCC2C(=O)N(C)C(=O)N2C)[C@@H](O)[C@@]1(C)O. The fraction of sp³-hybridized carbons (Fsp3) is 0.667. The van der Waals surface area contributed by atoms with E-state index in [0.29, 0.717) is 34.1 Å². The minimum Gasteiger partial charge on any atom is -0.479 e. The van der Waals surface area contributed by atoms with Gasteiger partial charge in [0.2, 0.25) is 35.5 Å². The summed E-state index contributed by atoms with van der Waals surface area (Å²) in [6.45, 7) is 4.50. The first-order valence-corrected chi connectivity index (χ1v) is 50.2. The van der Waals surface area contributed by atoms with E-state index in [4.69, 9.17) is 73.4 Å². The van der Waals surface area contributed by atoms with Gasteiger partial charge in [-0.25, -0.2) is 44.6 Å². The predicted octanol–water partition coefficient (Wildman–Crippen LogP) is 0.319. The first kappa shape index (κ1) is 105. The van der Waals surface area contributed by atoms with Crippen molar-refractivity contribution in [2.24, 2.45) is 0 Å². The quantitative estimate of drug-likeness (QED) is 0.0109. The summed E-state index contributed by atoms with van der Waals surface area (Å²) >= 11 is 2.10. The molecule has 54 nitrogen and oxygen atoms in total. The molecule has 132 heavy (non-hydrogen) atoms. The number of aliphatic hydroxyl groups is 6. The van der Waals surface area contributed by atoms with Gasteiger partial charge in [0.05, 0.1) is 78.4 Å². The normalized spacial score (nSPS) is 27.8. The maximum absolute atomic E-state index is 14.1. The number of anilines is 3. The zero-order valence-electron chi connectivity index (χ0n) is 75.7. The highest BCUT2D eigenvalue weighted by Gasteiger charge is 2.58. The Morgan fingerprint density at radius 1 is 0.432 bits per heavy atom. The van der Waals surface area contributed by atoms with Gasteiger partial charge in [-0.1, -0.05) is 34.1 Å². The molecule has 0 bridgehead atoms. The molecule has 0 spiro atoms. The lowest BCUT2D eigenvalue weighted by atomic mass is 9.96. The maximum atomic E-state index is 14.1. The van der Waals surface area contributed by atoms with Crippen molar-refractivity contribution in [2.45, 2.75) is 210 Å². The Hall–Kier alpha value is -9.18. The van der Waals surface area contributed by atoms with Crippen LogP contribution in [0.25, 0.3) is 33.5 Å². The van der Waals surface area contributed by atoms with Crippen molar-refractivity contribution in [3.8, 4) is 17.6 Å². The molecule has 0 aromatic carbocycles. The third-order valence-corrected chi connectivity index (χ3v) is 33.7. The van der Waals surface area contributed by atoms with Crippen LogP contribution in [0.3, 0.4) is 0 Å². The van der Waals surface area contributed by atoms with Gasteiger partial charge in [0, 0.05) is 59.5 Å². The molecule has 15 N–H and O–H groups in total. The zero-order valence-corrected chi connectivity index (χ0v) is 80.8. The second-order valence-corrected chi connectivity index (χ2v) is 45.5. The topological polar surface area (TPSA) is 701 Å². The van der Waals surface area contributed by atoms with Crippen molar-refractivity contribution in [1.29, 1.82) is 0 Å². The molecular formula is C72H111N24O30P3S3. The van der Waals surface area contributed by atoms with E-state index < -0.39 is 220 Å². The number of hydrogen-bond acceptors (Lipinski definition) is 45. The van der Waals surface area contributed by atoms with Crippen LogP contribution in [-0.2, 0) is 84.5 Å². The second kappa shape index (κ2) is 41.6. The first-order chi connectivity index (χ1) is 61.5. The Bertz CT molecular complexity index is 4940. The lowest BCUT2D eigenvalue weighted by Gasteiger charge is -2.27. The Morgan fingerprint density at radius 2 is 0.659 bits per heavy atom. The number of aromatic nitrogens is 12. The molecule has 732 valence electrons. The molecule has 6 fully saturated rings. The number of nitrogens with zero attached hydrogens (tertiary/aromatic N) is 18. The van der Waals surface area contributed by atoms with Gasteiger partial charge in [-0.3, -0.25) is 70.9 Å². The number of rotatable bonds is 36. The van der Waals surface area contributed by atoms with E-state index in [1.807, 2.05) is 0 Å². The Balaban J connectivity index is 0.000000205. The molecule has 12 rings (SSSR count). The molecule has 0 radical (unpaired) electrons. The minimum atomic E-state index is -4.06. The number of carbonyl (C=O) groups excluding carboxylic acids is 9. The Morgan fingerprint density at radius 3 is 0.856 bits per heavy atom. The van der Waals surface area contributed by atoms with Gasteiger partial charge in [-0.15, -0.1) is 0 Å². The third-order valence-electron chi connectivity index (χ3n) is 21.4. The number of hydrogen-bond donors (Lipinski definition) is 12. The summed E-state index contributed by atoms with van der Waals surface area (Å²) in [5.74, 6) is -4.07. The maximum Gasteiger partial charge on any atom is 0.327 e. The number of amides is 9. The van der Waals surface area contributed by atoms with Crippen LogP contribution in [0, 0.1) is 0 Å². The smallest absolute Gasteiger partial charge is 0.327 e. The number of imidazole rings is 3. The van der Waals surface area contributed by atoms with Crippen LogP contribution < -0.4 is 46.7 Å². The number of ether oxygens (including phenoxy) is 9. The fourth-order valence-corrected chi connectivity index (χ4v) is 26.0. The zero-order chi connectivity index (χ0) is 98.2. The predicted molar refractivity (Wildman–Crippen MR) is 469 cm³/mol. The van der Waals surface area contributed by atoms with E-state index >= 15 is 0 Å². The van der Waals surface area contributed by atoms with Crippen LogP contribution in [-0.4, -0.2) is 381 Å². The Labute approximate surface area is 766 Å². The van der Waals surface area contributed by atoms with Gasteiger partial charge in [-0.2, -0.15) is 29.9 Å². The summed E-state index contributed by atoms with van der Waals surface area (Å²) in [6, 6.07) is -7.67. The van der Waals surface area contributed by atoms with Gasteiger partial charge < -0.3 is 119 Å². The van der Waals surface area contributed by atoms with Gasteiger partial charge in [0.1, 0.15) is 89.7 Å². The van der Waals surface area contributed by atoms with Crippen molar-refractivity contribution >= 4 is 159 Å². The monoisotopic (exact) mass is 1980 g/mol. The standard InChI is InChI=1S/3C24H37N8O10PS/c3*1-11(2)41-20(35)12(3)29-43(38,44-9-13-19(34)31(6)23(36)30(13)5)40-8-14-16(33)24(4,37)21(42-14)32-10-26-15-17(32)27-22(25)28-18(15)39-7/h3*10-14,16,21,33,37H,8-9H2,1-7H3,(H,29,38)(H2,25,27,28)/t12-,13?,14?,16+,21+,24+,43+;12-,13?,14?,16+,21+,24+,43-;12-,13?,14?,16-,21-,24-,43-/m001/s1. The summed E-state index contributed by atoms with van der Waals surface area (Å²) in [5.41, 5.74) is 12.9. The molecule has 21 atom stereocenters.